The molecule has 0 N–H and O–H groups in total. The van der Waals surface area contributed by atoms with Crippen LogP contribution < -0.4 is 0 Å². The second-order valence-electron chi connectivity index (χ2n) is 13.3. The van der Waals surface area contributed by atoms with Gasteiger partial charge in [0.05, 0.1) is 30.2 Å². The molecule has 0 fully saturated rings. The van der Waals surface area contributed by atoms with Gasteiger partial charge in [-0.1, -0.05) is 133 Å². The number of aromatic nitrogens is 4. The number of rotatable bonds is 5. The third-order valence-corrected chi connectivity index (χ3v) is 11.0. The molecule has 0 radical (unpaired) electrons. The summed E-state index contributed by atoms with van der Waals surface area (Å²) in [7, 11) is 0. The smallest absolute Gasteiger partial charge is 0.238 e. The van der Waals surface area contributed by atoms with Gasteiger partial charge in [-0.2, -0.15) is 9.97 Å². The Morgan fingerprint density at radius 2 is 1.23 bits per heavy atom. The van der Waals surface area contributed by atoms with Gasteiger partial charge < -0.3 is 4.42 Å². The van der Waals surface area contributed by atoms with Crippen molar-refractivity contribution in [3.63, 3.8) is 0 Å². The summed E-state index contributed by atoms with van der Waals surface area (Å²) in [5.41, 5.74) is 3.13. The van der Waals surface area contributed by atoms with Crippen LogP contribution in [0.25, 0.3) is 115 Å². The summed E-state index contributed by atoms with van der Waals surface area (Å²) in [5, 5.41) is 1.53. The van der Waals surface area contributed by atoms with Crippen molar-refractivity contribution >= 4 is 75.3 Å². The molecule has 4 aromatic heterocycles. The SMILES string of the molecule is [2H]c1c([2H])c([2H])c(-c2nc(-c3ccc4c(c3)oc3cccc(-c5ccccc5)c34)nc(-n3c4c([2H])c([2H])c([2H])c([2H])c4c4c([2H])c5c(sc6c([2H])c([2H])c(-c7ccccc7)c([2H])c65)c([2H])c43)n2)c([2H])c1[2H]. The molecular weight excluding hydrogens is 717 g/mol. The molecule has 57 heavy (non-hydrogen) atoms. The molecule has 0 amide bonds. The van der Waals surface area contributed by atoms with Crippen molar-refractivity contribution in [3.05, 3.63) is 182 Å². The third-order valence-electron chi connectivity index (χ3n) is 9.99. The maximum atomic E-state index is 9.96. The van der Waals surface area contributed by atoms with Gasteiger partial charge in [-0.15, -0.1) is 11.3 Å². The molecule has 5 nitrogen and oxygen atoms in total. The van der Waals surface area contributed by atoms with Crippen LogP contribution in [0.3, 0.4) is 0 Å². The number of fused-ring (bicyclic) bond motifs is 9. The van der Waals surface area contributed by atoms with Crippen LogP contribution in [0.4, 0.5) is 0 Å². The van der Waals surface area contributed by atoms with Crippen molar-refractivity contribution in [3.8, 4) is 51.0 Å². The van der Waals surface area contributed by atoms with Crippen LogP contribution in [0.1, 0.15) is 19.2 Å². The summed E-state index contributed by atoms with van der Waals surface area (Å²) < 4.78 is 135. The van der Waals surface area contributed by atoms with E-state index in [1.165, 1.54) is 4.57 Å². The van der Waals surface area contributed by atoms with Gasteiger partial charge >= 0.3 is 0 Å². The van der Waals surface area contributed by atoms with Crippen molar-refractivity contribution < 1.29 is 23.6 Å². The number of benzene rings is 8. The average Bonchev–Trinajstić information content (AvgIpc) is 4.09. The number of nitrogens with zero attached hydrogens (tertiary/aromatic N) is 4. The molecule has 12 rings (SSSR count). The molecule has 6 heteroatoms. The van der Waals surface area contributed by atoms with Crippen LogP contribution in [0.2, 0.25) is 0 Å². The zero-order valence-electron chi connectivity index (χ0n) is 43.3. The summed E-state index contributed by atoms with van der Waals surface area (Å²) in [6.45, 7) is 0. The van der Waals surface area contributed by atoms with Gasteiger partial charge in [-0.25, -0.2) is 4.98 Å². The van der Waals surface area contributed by atoms with Crippen molar-refractivity contribution in [2.24, 2.45) is 0 Å². The van der Waals surface area contributed by atoms with Gasteiger partial charge in [0.15, 0.2) is 11.6 Å². The first-order chi connectivity index (χ1) is 34.1. The number of hydrogen-bond acceptors (Lipinski definition) is 5. The standard InChI is InChI=1S/C51H30N4OS/c1-4-13-31(14-5-1)34-24-26-46-40(27-34)41-29-39-37-19-10-11-21-42(37)55(43(39)30-47(41)57-46)51-53-49(33-17-8-3-9-18-33)52-50(54-51)35-23-25-38-45(28-35)56-44-22-12-20-36(48(38)44)32-15-6-2-7-16-32/h1-30H/i3D,8D,9D,10D,11D,17D,18D,19D,21D,24D,26D,27D,29D,30D. The second-order valence-corrected chi connectivity index (χ2v) is 14.3. The number of furan rings is 1. The lowest BCUT2D eigenvalue weighted by Gasteiger charge is -2.11. The molecular formula is C51H30N4OS. The lowest BCUT2D eigenvalue weighted by molar-refractivity contribution is 0.669. The van der Waals surface area contributed by atoms with Crippen molar-refractivity contribution in [2.45, 2.75) is 0 Å². The highest BCUT2D eigenvalue weighted by atomic mass is 32.1. The minimum Gasteiger partial charge on any atom is -0.456 e. The van der Waals surface area contributed by atoms with Gasteiger partial charge in [-0.3, -0.25) is 4.57 Å². The molecule has 266 valence electrons. The van der Waals surface area contributed by atoms with Gasteiger partial charge in [-0.05, 0) is 70.7 Å². The molecule has 0 saturated heterocycles. The monoisotopic (exact) mass is 760 g/mol. The van der Waals surface area contributed by atoms with Crippen LogP contribution in [0.15, 0.2) is 186 Å². The molecule has 4 heterocycles. The second kappa shape index (κ2) is 12.6. The number of hydrogen-bond donors (Lipinski definition) is 0. The highest BCUT2D eigenvalue weighted by molar-refractivity contribution is 7.25. The maximum Gasteiger partial charge on any atom is 0.238 e. The van der Waals surface area contributed by atoms with E-state index in [9.17, 15) is 6.85 Å². The Balaban J connectivity index is 1.21. The van der Waals surface area contributed by atoms with Crippen molar-refractivity contribution in [2.75, 3.05) is 0 Å². The van der Waals surface area contributed by atoms with E-state index in [0.717, 1.165) is 33.2 Å². The normalized spacial score (nSPS) is 15.3. The average molecular weight is 761 g/mol. The maximum absolute atomic E-state index is 9.96. The van der Waals surface area contributed by atoms with E-state index in [-0.39, 0.29) is 89.5 Å². The van der Waals surface area contributed by atoms with Gasteiger partial charge in [0, 0.05) is 52.8 Å². The molecule has 0 unspecified atom stereocenters. The summed E-state index contributed by atoms with van der Waals surface area (Å²) >= 11 is 0.927. The largest absolute Gasteiger partial charge is 0.456 e. The highest BCUT2D eigenvalue weighted by Crippen LogP contribution is 2.42. The van der Waals surface area contributed by atoms with Gasteiger partial charge in [0.2, 0.25) is 5.95 Å². The molecule has 0 spiro atoms. The fourth-order valence-corrected chi connectivity index (χ4v) is 8.39. The summed E-state index contributed by atoms with van der Waals surface area (Å²) in [6.07, 6.45) is 0. The molecule has 0 atom stereocenters. The molecule has 0 bridgehead atoms. The highest BCUT2D eigenvalue weighted by Gasteiger charge is 2.21. The van der Waals surface area contributed by atoms with Gasteiger partial charge in [0.25, 0.3) is 0 Å². The first kappa shape index (κ1) is 21.0. The van der Waals surface area contributed by atoms with E-state index in [2.05, 4.69) is 0 Å². The Labute approximate surface area is 350 Å². The Hall–Kier alpha value is -7.41. The molecule has 0 aliphatic carbocycles. The Morgan fingerprint density at radius 1 is 0.474 bits per heavy atom. The minimum absolute atomic E-state index is 0.0790. The molecule has 0 saturated carbocycles. The predicted molar refractivity (Wildman–Crippen MR) is 236 cm³/mol. The number of para-hydroxylation sites is 1. The predicted octanol–water partition coefficient (Wildman–Crippen LogP) is 13.9. The molecule has 8 aromatic carbocycles. The quantitative estimate of drug-likeness (QED) is 0.175. The fourth-order valence-electron chi connectivity index (χ4n) is 7.43. The zero-order valence-corrected chi connectivity index (χ0v) is 30.2. The molecule has 0 aliphatic rings. The first-order valence-electron chi connectivity index (χ1n) is 24.9. The summed E-state index contributed by atoms with van der Waals surface area (Å²) in [5.74, 6) is -0.884. The van der Waals surface area contributed by atoms with Crippen LogP contribution in [0.5, 0.6) is 0 Å². The first-order valence-corrected chi connectivity index (χ1v) is 18.7. The van der Waals surface area contributed by atoms with E-state index < -0.39 is 65.8 Å². The lowest BCUT2D eigenvalue weighted by atomic mass is 9.99. The van der Waals surface area contributed by atoms with E-state index in [0.29, 0.717) is 22.3 Å². The lowest BCUT2D eigenvalue weighted by Crippen LogP contribution is -2.06. The van der Waals surface area contributed by atoms with Crippen LogP contribution >= 0.6 is 11.3 Å². The van der Waals surface area contributed by atoms with Crippen LogP contribution in [0, 0.1) is 0 Å². The van der Waals surface area contributed by atoms with Crippen LogP contribution in [-0.2, 0) is 0 Å². The Kier molecular flexibility index (Phi) is 4.64. The van der Waals surface area contributed by atoms with Crippen molar-refractivity contribution in [1.29, 1.82) is 0 Å². The summed E-state index contributed by atoms with van der Waals surface area (Å²) in [4.78, 5) is 14.3. The third kappa shape index (κ3) is 5.12. The zero-order chi connectivity index (χ0) is 49.6. The van der Waals surface area contributed by atoms with Crippen molar-refractivity contribution in [1.82, 2.24) is 19.5 Å². The minimum atomic E-state index is -0.665. The van der Waals surface area contributed by atoms with Crippen LogP contribution in [-0.4, -0.2) is 19.5 Å². The fraction of sp³-hybridized carbons (Fsp3) is 0. The Morgan fingerprint density at radius 3 is 2.07 bits per heavy atom. The van der Waals surface area contributed by atoms with E-state index in [4.69, 9.17) is 31.7 Å². The summed E-state index contributed by atoms with van der Waals surface area (Å²) in [6, 6.07) is 22.6. The topological polar surface area (TPSA) is 56.7 Å². The molecule has 0 aliphatic heterocycles. The van der Waals surface area contributed by atoms with Gasteiger partial charge in [0.1, 0.15) is 11.2 Å². The van der Waals surface area contributed by atoms with E-state index in [1.54, 1.807) is 42.5 Å². The molecule has 12 aromatic rings. The van der Waals surface area contributed by atoms with E-state index in [1.807, 2.05) is 54.6 Å². The number of thiophene rings is 1. The Bertz CT molecular complexity index is 4320. The van der Waals surface area contributed by atoms with E-state index >= 15 is 0 Å².